The Morgan fingerprint density at radius 1 is 1.16 bits per heavy atom. The van der Waals surface area contributed by atoms with Crippen LogP contribution in [-0.2, 0) is 4.79 Å². The number of benzene rings is 1. The fraction of sp³-hybridized carbons (Fsp3) is 0.409. The van der Waals surface area contributed by atoms with Gasteiger partial charge in [-0.15, -0.1) is 0 Å². The average Bonchev–Trinajstić information content (AvgIpc) is 3.32. The quantitative estimate of drug-likeness (QED) is 0.666. The number of amides is 1. The SMILES string of the molecule is Cc1cc(-c2ncn[nH]2)c(F)cc1-c1cnc2c(n1)N(CC1CCCCC1)C(=O)CN2. The molecule has 3 aromatic rings. The van der Waals surface area contributed by atoms with Crippen molar-refractivity contribution in [3.8, 4) is 22.6 Å². The van der Waals surface area contributed by atoms with E-state index < -0.39 is 5.82 Å². The highest BCUT2D eigenvalue weighted by molar-refractivity contribution is 6.01. The number of nitrogens with zero attached hydrogens (tertiary/aromatic N) is 5. The molecule has 0 radical (unpaired) electrons. The van der Waals surface area contributed by atoms with Crippen LogP contribution < -0.4 is 10.2 Å². The van der Waals surface area contributed by atoms with E-state index in [2.05, 4.69) is 25.5 Å². The molecule has 3 heterocycles. The number of aromatic amines is 1. The molecule has 5 rings (SSSR count). The van der Waals surface area contributed by atoms with Crippen LogP contribution in [0.1, 0.15) is 37.7 Å². The lowest BCUT2D eigenvalue weighted by molar-refractivity contribution is -0.117. The Bertz CT molecular complexity index is 1110. The molecule has 1 aromatic carbocycles. The summed E-state index contributed by atoms with van der Waals surface area (Å²) in [7, 11) is 0. The van der Waals surface area contributed by atoms with E-state index in [4.69, 9.17) is 4.98 Å². The monoisotopic (exact) mass is 421 g/mol. The van der Waals surface area contributed by atoms with Crippen LogP contribution >= 0.6 is 0 Å². The van der Waals surface area contributed by atoms with Crippen LogP contribution in [0.4, 0.5) is 16.0 Å². The molecule has 8 nitrogen and oxygen atoms in total. The minimum Gasteiger partial charge on any atom is -0.358 e. The molecule has 2 N–H and O–H groups in total. The van der Waals surface area contributed by atoms with Gasteiger partial charge in [0.1, 0.15) is 12.1 Å². The second-order valence-electron chi connectivity index (χ2n) is 8.27. The summed E-state index contributed by atoms with van der Waals surface area (Å²) in [5, 5.41) is 9.54. The smallest absolute Gasteiger partial charge is 0.247 e. The van der Waals surface area contributed by atoms with Crippen molar-refractivity contribution in [2.24, 2.45) is 5.92 Å². The van der Waals surface area contributed by atoms with E-state index in [0.29, 0.717) is 46.7 Å². The number of hydrogen-bond acceptors (Lipinski definition) is 6. The number of nitrogens with one attached hydrogen (secondary N) is 2. The third kappa shape index (κ3) is 3.75. The van der Waals surface area contributed by atoms with Gasteiger partial charge in [0.25, 0.3) is 0 Å². The molecule has 2 aliphatic rings. The second-order valence-corrected chi connectivity index (χ2v) is 8.27. The highest BCUT2D eigenvalue weighted by Gasteiger charge is 2.30. The molecule has 0 atom stereocenters. The van der Waals surface area contributed by atoms with Gasteiger partial charge in [0.2, 0.25) is 5.91 Å². The summed E-state index contributed by atoms with van der Waals surface area (Å²) >= 11 is 0. The van der Waals surface area contributed by atoms with Gasteiger partial charge < -0.3 is 5.32 Å². The van der Waals surface area contributed by atoms with Crippen LogP contribution in [0.5, 0.6) is 0 Å². The fourth-order valence-corrected chi connectivity index (χ4v) is 4.49. The maximum atomic E-state index is 14.9. The Morgan fingerprint density at radius 2 is 2.00 bits per heavy atom. The molecule has 31 heavy (non-hydrogen) atoms. The molecule has 2 aromatic heterocycles. The van der Waals surface area contributed by atoms with Crippen LogP contribution in [0, 0.1) is 18.7 Å². The van der Waals surface area contributed by atoms with Crippen LogP contribution in [0.3, 0.4) is 0 Å². The van der Waals surface area contributed by atoms with Crippen molar-refractivity contribution in [3.05, 3.63) is 36.0 Å². The maximum absolute atomic E-state index is 14.9. The Morgan fingerprint density at radius 3 is 2.77 bits per heavy atom. The molecule has 1 aliphatic heterocycles. The summed E-state index contributed by atoms with van der Waals surface area (Å²) in [6.45, 7) is 2.76. The lowest BCUT2D eigenvalue weighted by Crippen LogP contribution is -2.43. The zero-order valence-electron chi connectivity index (χ0n) is 17.4. The van der Waals surface area contributed by atoms with Crippen molar-refractivity contribution in [1.82, 2.24) is 25.1 Å². The third-order valence-electron chi connectivity index (χ3n) is 6.14. The predicted molar refractivity (Wildman–Crippen MR) is 115 cm³/mol. The molecule has 0 saturated heterocycles. The summed E-state index contributed by atoms with van der Waals surface area (Å²) in [5.41, 5.74) is 2.34. The van der Waals surface area contributed by atoms with Crippen LogP contribution in [0.15, 0.2) is 24.7 Å². The summed E-state index contributed by atoms with van der Waals surface area (Å²) in [6, 6.07) is 3.16. The van der Waals surface area contributed by atoms with Crippen LogP contribution in [0.25, 0.3) is 22.6 Å². The number of carbonyl (C=O) groups excluding carboxylic acids is 1. The van der Waals surface area contributed by atoms with E-state index in [-0.39, 0.29) is 12.5 Å². The normalized spacial score (nSPS) is 16.8. The summed E-state index contributed by atoms with van der Waals surface area (Å²) in [5.74, 6) is 1.54. The van der Waals surface area contributed by atoms with Gasteiger partial charge in [0, 0.05) is 12.1 Å². The standard InChI is InChI=1S/C22H24FN7O/c1-13-7-16(20-26-12-27-29-20)17(23)8-15(13)18-9-24-21-22(28-18)30(19(31)10-25-21)11-14-5-3-2-4-6-14/h7-9,12,14H,2-6,10-11H2,1H3,(H,24,25)(H,26,27,29). The molecule has 0 spiro atoms. The number of rotatable bonds is 4. The van der Waals surface area contributed by atoms with E-state index in [1.165, 1.54) is 31.7 Å². The van der Waals surface area contributed by atoms with Gasteiger partial charge >= 0.3 is 0 Å². The van der Waals surface area contributed by atoms with Crippen molar-refractivity contribution < 1.29 is 9.18 Å². The van der Waals surface area contributed by atoms with Crippen molar-refractivity contribution in [1.29, 1.82) is 0 Å². The van der Waals surface area contributed by atoms with E-state index in [1.807, 2.05) is 6.92 Å². The van der Waals surface area contributed by atoms with Crippen LogP contribution in [-0.4, -0.2) is 44.1 Å². The van der Waals surface area contributed by atoms with E-state index in [9.17, 15) is 9.18 Å². The molecule has 1 fully saturated rings. The minimum atomic E-state index is -0.426. The number of halogens is 1. The number of aryl methyl sites for hydroxylation is 1. The first-order valence-electron chi connectivity index (χ1n) is 10.7. The first kappa shape index (κ1) is 19.6. The van der Waals surface area contributed by atoms with Crippen molar-refractivity contribution in [3.63, 3.8) is 0 Å². The van der Waals surface area contributed by atoms with Gasteiger partial charge in [-0.05, 0) is 43.4 Å². The molecule has 1 saturated carbocycles. The Hall–Kier alpha value is -3.36. The number of anilines is 2. The number of H-pyrrole nitrogens is 1. The van der Waals surface area contributed by atoms with Gasteiger partial charge in [0.05, 0.1) is 24.0 Å². The zero-order chi connectivity index (χ0) is 21.4. The number of aromatic nitrogens is 5. The fourth-order valence-electron chi connectivity index (χ4n) is 4.49. The highest BCUT2D eigenvalue weighted by Crippen LogP contribution is 2.34. The maximum Gasteiger partial charge on any atom is 0.247 e. The summed E-state index contributed by atoms with van der Waals surface area (Å²) in [6.07, 6.45) is 8.91. The van der Waals surface area contributed by atoms with E-state index >= 15 is 0 Å². The third-order valence-corrected chi connectivity index (χ3v) is 6.14. The Balaban J connectivity index is 1.50. The molecule has 1 aliphatic carbocycles. The number of hydrogen-bond donors (Lipinski definition) is 2. The highest BCUT2D eigenvalue weighted by atomic mass is 19.1. The summed E-state index contributed by atoms with van der Waals surface area (Å²) < 4.78 is 14.9. The molecular formula is C22H24FN7O. The first-order valence-corrected chi connectivity index (χ1v) is 10.7. The molecular weight excluding hydrogens is 397 g/mol. The Labute approximate surface area is 179 Å². The van der Waals surface area contributed by atoms with Gasteiger partial charge in [-0.25, -0.2) is 19.3 Å². The zero-order valence-corrected chi connectivity index (χ0v) is 17.4. The van der Waals surface area contributed by atoms with Gasteiger partial charge in [0.15, 0.2) is 17.5 Å². The van der Waals surface area contributed by atoms with Crippen molar-refractivity contribution >= 4 is 17.5 Å². The van der Waals surface area contributed by atoms with Gasteiger partial charge in [-0.1, -0.05) is 19.3 Å². The Kier molecular flexibility index (Phi) is 5.09. The summed E-state index contributed by atoms with van der Waals surface area (Å²) in [4.78, 5) is 27.7. The predicted octanol–water partition coefficient (Wildman–Crippen LogP) is 3.72. The second kappa shape index (κ2) is 8.05. The van der Waals surface area contributed by atoms with Crippen molar-refractivity contribution in [2.45, 2.75) is 39.0 Å². The average molecular weight is 421 g/mol. The van der Waals surface area contributed by atoms with Gasteiger partial charge in [-0.3, -0.25) is 14.8 Å². The molecule has 9 heteroatoms. The molecule has 0 bridgehead atoms. The number of carbonyl (C=O) groups is 1. The lowest BCUT2D eigenvalue weighted by atomic mass is 9.89. The largest absolute Gasteiger partial charge is 0.358 e. The lowest BCUT2D eigenvalue weighted by Gasteiger charge is -2.33. The number of fused-ring (bicyclic) bond motifs is 1. The minimum absolute atomic E-state index is 0.00640. The molecule has 1 amide bonds. The topological polar surface area (TPSA) is 99.7 Å². The first-order chi connectivity index (χ1) is 15.1. The molecule has 160 valence electrons. The van der Waals surface area contributed by atoms with E-state index in [1.54, 1.807) is 17.2 Å². The van der Waals surface area contributed by atoms with Gasteiger partial charge in [-0.2, -0.15) is 5.10 Å². The van der Waals surface area contributed by atoms with Crippen LogP contribution in [0.2, 0.25) is 0 Å². The van der Waals surface area contributed by atoms with Crippen molar-refractivity contribution in [2.75, 3.05) is 23.3 Å². The molecule has 0 unspecified atom stereocenters. The van der Waals surface area contributed by atoms with E-state index in [0.717, 1.165) is 18.4 Å².